The molecule has 0 aliphatic heterocycles. The van der Waals surface area contributed by atoms with E-state index in [0.29, 0.717) is 6.54 Å². The second-order valence-corrected chi connectivity index (χ2v) is 1.36. The van der Waals surface area contributed by atoms with Crippen LogP contribution in [0.25, 0.3) is 0 Å². The minimum Gasteiger partial charge on any atom is -0.327 e. The topological polar surface area (TPSA) is 38.4 Å². The minimum atomic E-state index is 0.570. The van der Waals surface area contributed by atoms with E-state index in [4.69, 9.17) is 5.73 Å². The Morgan fingerprint density at radius 2 is 2.38 bits per heavy atom. The summed E-state index contributed by atoms with van der Waals surface area (Å²) in [5.41, 5.74) is 5.15. The number of hydrogen-bond donors (Lipinski definition) is 1. The van der Waals surface area contributed by atoms with E-state index in [1.54, 1.807) is 6.20 Å². The lowest BCUT2D eigenvalue weighted by Gasteiger charge is -1.75. The summed E-state index contributed by atoms with van der Waals surface area (Å²) in [6.07, 6.45) is 6.34. The fourth-order valence-corrected chi connectivity index (χ4v) is 0.288. The molecule has 0 atom stereocenters. The molecule has 0 aromatic carbocycles. The summed E-state index contributed by atoms with van der Waals surface area (Å²) in [6.45, 7) is 2.61. The number of aliphatic imine (C=N–C) groups is 1. The van der Waals surface area contributed by atoms with Crippen LogP contribution in [0.5, 0.6) is 0 Å². The molecule has 0 saturated carbocycles. The van der Waals surface area contributed by atoms with Crippen LogP contribution in [0.1, 0.15) is 13.3 Å². The highest BCUT2D eigenvalue weighted by molar-refractivity contribution is 5.57. The van der Waals surface area contributed by atoms with Crippen LogP contribution < -0.4 is 5.73 Å². The van der Waals surface area contributed by atoms with Gasteiger partial charge in [0.2, 0.25) is 0 Å². The van der Waals surface area contributed by atoms with Gasteiger partial charge in [0.25, 0.3) is 0 Å². The highest BCUT2D eigenvalue weighted by Crippen LogP contribution is 1.72. The van der Waals surface area contributed by atoms with Gasteiger partial charge >= 0.3 is 0 Å². The van der Waals surface area contributed by atoms with Crippen LogP contribution in [0.4, 0.5) is 0 Å². The van der Waals surface area contributed by atoms with Crippen molar-refractivity contribution in [2.45, 2.75) is 13.3 Å². The Kier molecular flexibility index (Phi) is 5.87. The van der Waals surface area contributed by atoms with Crippen molar-refractivity contribution in [3.05, 3.63) is 12.3 Å². The average Bonchev–Trinajstić information content (AvgIpc) is 1.81. The zero-order valence-corrected chi connectivity index (χ0v) is 5.17. The van der Waals surface area contributed by atoms with E-state index < -0.39 is 0 Å². The summed E-state index contributed by atoms with van der Waals surface area (Å²) in [4.78, 5) is 3.89. The monoisotopic (exact) mass is 112 g/mol. The SMILES string of the molecule is CCC=N/C=C\CN. The van der Waals surface area contributed by atoms with E-state index in [9.17, 15) is 0 Å². The van der Waals surface area contributed by atoms with E-state index in [2.05, 4.69) is 4.99 Å². The van der Waals surface area contributed by atoms with Gasteiger partial charge in [0.15, 0.2) is 0 Å². The third kappa shape index (κ3) is 5.37. The smallest absolute Gasteiger partial charge is 0.0236 e. The lowest BCUT2D eigenvalue weighted by Crippen LogP contribution is -1.91. The molecule has 0 saturated heterocycles. The van der Waals surface area contributed by atoms with Gasteiger partial charge in [-0.05, 0) is 6.42 Å². The van der Waals surface area contributed by atoms with Crippen molar-refractivity contribution in [2.75, 3.05) is 6.54 Å². The molecular formula is C6H12N2. The van der Waals surface area contributed by atoms with E-state index in [1.165, 1.54) is 0 Å². The Morgan fingerprint density at radius 1 is 1.62 bits per heavy atom. The van der Waals surface area contributed by atoms with Crippen LogP contribution in [0.15, 0.2) is 17.3 Å². The lowest BCUT2D eigenvalue weighted by atomic mass is 10.5. The molecule has 2 nitrogen and oxygen atoms in total. The molecule has 8 heavy (non-hydrogen) atoms. The quantitative estimate of drug-likeness (QED) is 0.542. The molecule has 0 aromatic rings. The van der Waals surface area contributed by atoms with Gasteiger partial charge in [0, 0.05) is 19.0 Å². The first kappa shape index (κ1) is 7.37. The highest BCUT2D eigenvalue weighted by atomic mass is 14.7. The van der Waals surface area contributed by atoms with E-state index in [1.807, 2.05) is 19.2 Å². The van der Waals surface area contributed by atoms with Crippen molar-refractivity contribution in [3.63, 3.8) is 0 Å². The van der Waals surface area contributed by atoms with Gasteiger partial charge in [-0.25, -0.2) is 0 Å². The molecule has 0 rings (SSSR count). The standard InChI is InChI=1S/C6H12N2/c1-2-5-8-6-3-4-7/h3,5-6H,2,4,7H2,1H3/b6-3-,8-5?. The Labute approximate surface area is 50.1 Å². The van der Waals surface area contributed by atoms with Crippen molar-refractivity contribution >= 4 is 6.21 Å². The van der Waals surface area contributed by atoms with Gasteiger partial charge in [0.1, 0.15) is 0 Å². The second kappa shape index (κ2) is 6.37. The first-order chi connectivity index (χ1) is 3.91. The molecule has 0 aliphatic rings. The first-order valence-electron chi connectivity index (χ1n) is 2.78. The van der Waals surface area contributed by atoms with Crippen LogP contribution in [-0.4, -0.2) is 12.8 Å². The van der Waals surface area contributed by atoms with Gasteiger partial charge in [-0.1, -0.05) is 13.0 Å². The molecule has 0 radical (unpaired) electrons. The summed E-state index contributed by atoms with van der Waals surface area (Å²) < 4.78 is 0. The van der Waals surface area contributed by atoms with Crippen molar-refractivity contribution in [3.8, 4) is 0 Å². The fraction of sp³-hybridized carbons (Fsp3) is 0.500. The summed E-state index contributed by atoms with van der Waals surface area (Å²) in [6, 6.07) is 0. The number of hydrogen-bond acceptors (Lipinski definition) is 2. The van der Waals surface area contributed by atoms with Crippen molar-refractivity contribution in [1.29, 1.82) is 0 Å². The van der Waals surface area contributed by atoms with Crippen LogP contribution in [0, 0.1) is 0 Å². The summed E-state index contributed by atoms with van der Waals surface area (Å²) in [5, 5.41) is 0. The maximum absolute atomic E-state index is 5.15. The molecule has 0 amide bonds. The summed E-state index contributed by atoms with van der Waals surface area (Å²) in [5.74, 6) is 0. The Morgan fingerprint density at radius 3 is 2.88 bits per heavy atom. The van der Waals surface area contributed by atoms with Crippen LogP contribution in [0.3, 0.4) is 0 Å². The Bertz CT molecular complexity index is 72.5. The number of rotatable bonds is 3. The molecule has 46 valence electrons. The lowest BCUT2D eigenvalue weighted by molar-refractivity contribution is 1.24. The molecule has 2 heteroatoms. The maximum Gasteiger partial charge on any atom is 0.0236 e. The Balaban J connectivity index is 3.13. The third-order valence-corrected chi connectivity index (χ3v) is 0.616. The molecule has 0 unspecified atom stereocenters. The van der Waals surface area contributed by atoms with Gasteiger partial charge in [-0.3, -0.25) is 4.99 Å². The zero-order valence-electron chi connectivity index (χ0n) is 5.17. The largest absolute Gasteiger partial charge is 0.327 e. The van der Waals surface area contributed by atoms with E-state index in [0.717, 1.165) is 6.42 Å². The third-order valence-electron chi connectivity index (χ3n) is 0.616. The van der Waals surface area contributed by atoms with Gasteiger partial charge in [0.05, 0.1) is 0 Å². The minimum absolute atomic E-state index is 0.570. The average molecular weight is 112 g/mol. The van der Waals surface area contributed by atoms with Crippen molar-refractivity contribution in [2.24, 2.45) is 10.7 Å². The summed E-state index contributed by atoms with van der Waals surface area (Å²) in [7, 11) is 0. The normalized spacial score (nSPS) is 11.8. The van der Waals surface area contributed by atoms with Crippen LogP contribution in [-0.2, 0) is 0 Å². The fourth-order valence-electron chi connectivity index (χ4n) is 0.288. The van der Waals surface area contributed by atoms with E-state index in [-0.39, 0.29) is 0 Å². The molecule has 0 aromatic heterocycles. The first-order valence-corrected chi connectivity index (χ1v) is 2.78. The van der Waals surface area contributed by atoms with Crippen LogP contribution >= 0.6 is 0 Å². The van der Waals surface area contributed by atoms with Gasteiger partial charge in [-0.2, -0.15) is 0 Å². The second-order valence-electron chi connectivity index (χ2n) is 1.36. The zero-order chi connectivity index (χ0) is 6.24. The predicted octanol–water partition coefficient (Wildman–Crippen LogP) is 0.940. The summed E-state index contributed by atoms with van der Waals surface area (Å²) >= 11 is 0. The molecule has 0 bridgehead atoms. The van der Waals surface area contributed by atoms with Gasteiger partial charge < -0.3 is 5.73 Å². The molecule has 0 fully saturated rings. The maximum atomic E-state index is 5.15. The predicted molar refractivity (Wildman–Crippen MR) is 37.0 cm³/mol. The highest BCUT2D eigenvalue weighted by Gasteiger charge is 1.62. The van der Waals surface area contributed by atoms with Crippen molar-refractivity contribution < 1.29 is 0 Å². The van der Waals surface area contributed by atoms with Gasteiger partial charge in [-0.15, -0.1) is 0 Å². The van der Waals surface area contributed by atoms with Crippen molar-refractivity contribution in [1.82, 2.24) is 0 Å². The number of nitrogens with zero attached hydrogens (tertiary/aromatic N) is 1. The van der Waals surface area contributed by atoms with Crippen LogP contribution in [0.2, 0.25) is 0 Å². The molecule has 0 heterocycles. The number of nitrogens with two attached hydrogens (primary N) is 1. The molecule has 0 aliphatic carbocycles. The van der Waals surface area contributed by atoms with E-state index >= 15 is 0 Å². The molecule has 2 N–H and O–H groups in total. The molecule has 0 spiro atoms. The Hall–Kier alpha value is -0.630. The molecular weight excluding hydrogens is 100 g/mol.